The summed E-state index contributed by atoms with van der Waals surface area (Å²) in [6.45, 7) is 4.13. The van der Waals surface area contributed by atoms with Crippen LogP contribution < -0.4 is 20.5 Å². The molecule has 37 heavy (non-hydrogen) atoms. The van der Waals surface area contributed by atoms with Crippen molar-refractivity contribution in [1.29, 1.82) is 0 Å². The molecule has 0 atom stereocenters. The van der Waals surface area contributed by atoms with E-state index in [1.807, 2.05) is 6.92 Å². The van der Waals surface area contributed by atoms with Gasteiger partial charge in [-0.15, -0.1) is 0 Å². The second kappa shape index (κ2) is 11.1. The Kier molecular flexibility index (Phi) is 7.66. The highest BCUT2D eigenvalue weighted by atomic mass is 16.5. The summed E-state index contributed by atoms with van der Waals surface area (Å²) in [6.07, 6.45) is 2.22. The second-order valence-corrected chi connectivity index (χ2v) is 8.21. The van der Waals surface area contributed by atoms with Crippen LogP contribution in [0.2, 0.25) is 0 Å². The first-order valence-electron chi connectivity index (χ1n) is 11.9. The maximum absolute atomic E-state index is 13.3. The van der Waals surface area contributed by atoms with E-state index >= 15 is 0 Å². The average molecular weight is 505 g/mol. The number of methoxy groups -OCH3 is 2. The van der Waals surface area contributed by atoms with E-state index < -0.39 is 11.9 Å². The zero-order valence-corrected chi connectivity index (χ0v) is 21.2. The third kappa shape index (κ3) is 5.09. The summed E-state index contributed by atoms with van der Waals surface area (Å²) < 4.78 is 18.9. The number of amides is 1. The minimum atomic E-state index is -0.676. The van der Waals surface area contributed by atoms with Gasteiger partial charge in [0.05, 0.1) is 32.6 Å². The van der Waals surface area contributed by atoms with Crippen LogP contribution in [0.4, 0.5) is 0 Å². The molecule has 3 heterocycles. The fourth-order valence-electron chi connectivity index (χ4n) is 4.12. The van der Waals surface area contributed by atoms with E-state index in [1.165, 1.54) is 24.7 Å². The number of carbonyl (C=O) groups excluding carboxylic acids is 2. The largest absolute Gasteiger partial charge is 0.493 e. The van der Waals surface area contributed by atoms with Gasteiger partial charge in [0.15, 0.2) is 17.0 Å². The van der Waals surface area contributed by atoms with Crippen LogP contribution in [0, 0.1) is 0 Å². The quantitative estimate of drug-likeness (QED) is 0.268. The molecule has 0 bridgehead atoms. The van der Waals surface area contributed by atoms with Crippen LogP contribution in [0.5, 0.6) is 11.5 Å². The number of aryl methyl sites for hydroxylation is 1. The first kappa shape index (κ1) is 25.6. The number of pyridine rings is 2. The molecule has 0 saturated carbocycles. The first-order chi connectivity index (χ1) is 17.9. The Morgan fingerprint density at radius 3 is 2.51 bits per heavy atom. The molecule has 4 aromatic rings. The third-order valence-electron chi connectivity index (χ3n) is 5.77. The van der Waals surface area contributed by atoms with Crippen molar-refractivity contribution in [3.8, 4) is 11.5 Å². The van der Waals surface area contributed by atoms with Gasteiger partial charge in [-0.05, 0) is 49.2 Å². The lowest BCUT2D eigenvalue weighted by atomic mass is 10.1. The highest BCUT2D eigenvalue weighted by Crippen LogP contribution is 2.27. The maximum atomic E-state index is 13.3. The summed E-state index contributed by atoms with van der Waals surface area (Å²) in [5.41, 5.74) is 1.23. The lowest BCUT2D eigenvalue weighted by Gasteiger charge is -2.14. The average Bonchev–Trinajstić information content (AvgIpc) is 2.90. The molecule has 192 valence electrons. The number of fused-ring (bicyclic) bond motifs is 2. The molecule has 0 N–H and O–H groups in total. The summed E-state index contributed by atoms with van der Waals surface area (Å²) in [5.74, 6) is -0.132. The normalized spacial score (nSPS) is 11.6. The van der Waals surface area contributed by atoms with Crippen LogP contribution in [-0.2, 0) is 22.5 Å². The Hall–Kier alpha value is -4.47. The highest BCUT2D eigenvalue weighted by molar-refractivity contribution is 5.93. The Balaban J connectivity index is 1.95. The van der Waals surface area contributed by atoms with Gasteiger partial charge in [-0.3, -0.25) is 14.0 Å². The Labute approximate surface area is 212 Å². The third-order valence-corrected chi connectivity index (χ3v) is 5.77. The molecule has 0 radical (unpaired) electrons. The second-order valence-electron chi connectivity index (χ2n) is 8.21. The Morgan fingerprint density at radius 2 is 1.81 bits per heavy atom. The predicted molar refractivity (Wildman–Crippen MR) is 137 cm³/mol. The molecule has 1 aromatic carbocycles. The van der Waals surface area contributed by atoms with Gasteiger partial charge in [-0.1, -0.05) is 19.1 Å². The van der Waals surface area contributed by atoms with E-state index in [0.717, 1.165) is 0 Å². The molecular formula is C27H28N4O6. The monoisotopic (exact) mass is 504 g/mol. The molecule has 4 rings (SSSR count). The number of rotatable bonds is 8. The van der Waals surface area contributed by atoms with Gasteiger partial charge in [0.25, 0.3) is 11.5 Å². The molecule has 1 amide bonds. The number of nitrogens with zero attached hydrogens (tertiary/aromatic N) is 4. The van der Waals surface area contributed by atoms with E-state index in [2.05, 4.69) is 9.98 Å². The summed E-state index contributed by atoms with van der Waals surface area (Å²) in [4.78, 5) is 48.4. The first-order valence-corrected chi connectivity index (χ1v) is 11.9. The standard InChI is InChI=1S/C27H28N4O6/c1-5-12-31-24-18(26(33)30-13-8-7-9-22(30)28-24)16-19(27(34)37-6-2)25(31)29-23(32)15-17-10-11-20(35-3)21(14-17)36-4/h7-11,13-14,16H,5-6,12,15H2,1-4H3. The van der Waals surface area contributed by atoms with Gasteiger partial charge >= 0.3 is 5.97 Å². The summed E-state index contributed by atoms with van der Waals surface area (Å²) >= 11 is 0. The van der Waals surface area contributed by atoms with Gasteiger partial charge in [-0.2, -0.15) is 4.99 Å². The fraction of sp³-hybridized carbons (Fsp3) is 0.296. The molecule has 3 aromatic heterocycles. The van der Waals surface area contributed by atoms with E-state index in [1.54, 1.807) is 54.1 Å². The number of esters is 1. The number of ether oxygens (including phenoxy) is 3. The molecule has 0 aliphatic carbocycles. The zero-order chi connectivity index (χ0) is 26.5. The van der Waals surface area contributed by atoms with Crippen molar-refractivity contribution in [2.24, 2.45) is 4.99 Å². The molecule has 10 nitrogen and oxygen atoms in total. The van der Waals surface area contributed by atoms with Crippen LogP contribution in [0.15, 0.2) is 58.4 Å². The smallest absolute Gasteiger partial charge is 0.341 e. The highest BCUT2D eigenvalue weighted by Gasteiger charge is 2.20. The summed E-state index contributed by atoms with van der Waals surface area (Å²) in [6, 6.07) is 11.8. The van der Waals surface area contributed by atoms with Gasteiger partial charge in [0, 0.05) is 12.7 Å². The minimum absolute atomic E-state index is 0.0262. The molecule has 0 aliphatic heterocycles. The number of hydrogen-bond donors (Lipinski definition) is 0. The lowest BCUT2D eigenvalue weighted by Crippen LogP contribution is -2.33. The minimum Gasteiger partial charge on any atom is -0.493 e. The van der Waals surface area contributed by atoms with Crippen LogP contribution in [0.25, 0.3) is 16.7 Å². The van der Waals surface area contributed by atoms with Crippen LogP contribution in [0.3, 0.4) is 0 Å². The van der Waals surface area contributed by atoms with Crippen molar-refractivity contribution in [2.45, 2.75) is 33.2 Å². The van der Waals surface area contributed by atoms with Crippen LogP contribution in [-0.4, -0.2) is 46.7 Å². The van der Waals surface area contributed by atoms with Crippen molar-refractivity contribution in [1.82, 2.24) is 14.0 Å². The molecule has 10 heteroatoms. The van der Waals surface area contributed by atoms with Crippen molar-refractivity contribution in [2.75, 3.05) is 20.8 Å². The number of hydrogen-bond acceptors (Lipinski definition) is 7. The fourth-order valence-corrected chi connectivity index (χ4v) is 4.12. The SMILES string of the molecule is CCCn1c(=NC(=O)Cc2ccc(OC)c(OC)c2)c(C(=O)OCC)cc2c(=O)n3ccccc3nc21. The topological polar surface area (TPSA) is 113 Å². The number of benzene rings is 1. The summed E-state index contributed by atoms with van der Waals surface area (Å²) in [7, 11) is 3.05. The van der Waals surface area contributed by atoms with Gasteiger partial charge in [0.1, 0.15) is 16.9 Å². The van der Waals surface area contributed by atoms with E-state index in [9.17, 15) is 14.4 Å². The van der Waals surface area contributed by atoms with Crippen LogP contribution >= 0.6 is 0 Å². The van der Waals surface area contributed by atoms with Gasteiger partial charge in [0.2, 0.25) is 0 Å². The predicted octanol–water partition coefficient (Wildman–Crippen LogP) is 2.92. The van der Waals surface area contributed by atoms with Crippen molar-refractivity contribution < 1.29 is 23.8 Å². The number of carbonyl (C=O) groups is 2. The van der Waals surface area contributed by atoms with Crippen LogP contribution in [0.1, 0.15) is 36.2 Å². The molecule has 0 fully saturated rings. The molecule has 0 unspecified atom stereocenters. The van der Waals surface area contributed by atoms with E-state index in [0.29, 0.717) is 41.3 Å². The van der Waals surface area contributed by atoms with Gasteiger partial charge < -0.3 is 18.8 Å². The van der Waals surface area contributed by atoms with Crippen molar-refractivity contribution in [3.63, 3.8) is 0 Å². The Morgan fingerprint density at radius 1 is 1.03 bits per heavy atom. The Bertz CT molecular complexity index is 1620. The number of aromatic nitrogens is 3. The zero-order valence-electron chi connectivity index (χ0n) is 21.2. The van der Waals surface area contributed by atoms with E-state index in [-0.39, 0.29) is 35.0 Å². The molecule has 0 saturated heterocycles. The van der Waals surface area contributed by atoms with E-state index in [4.69, 9.17) is 14.2 Å². The molecular weight excluding hydrogens is 476 g/mol. The summed E-state index contributed by atoms with van der Waals surface area (Å²) in [5, 5.41) is 0.228. The van der Waals surface area contributed by atoms with Gasteiger partial charge in [-0.25, -0.2) is 9.78 Å². The van der Waals surface area contributed by atoms with Crippen molar-refractivity contribution >= 4 is 28.6 Å². The molecule has 0 aliphatic rings. The maximum Gasteiger partial charge on any atom is 0.341 e. The molecule has 0 spiro atoms. The lowest BCUT2D eigenvalue weighted by molar-refractivity contribution is -0.117. The van der Waals surface area contributed by atoms with Crippen molar-refractivity contribution in [3.05, 3.63) is 75.6 Å².